The van der Waals surface area contributed by atoms with Crippen molar-refractivity contribution in [2.24, 2.45) is 0 Å². The number of carbonyl (C=O) groups is 2. The first-order valence-corrected chi connectivity index (χ1v) is 7.78. The van der Waals surface area contributed by atoms with Crippen molar-refractivity contribution in [1.82, 2.24) is 15.1 Å². The van der Waals surface area contributed by atoms with Crippen molar-refractivity contribution in [3.05, 3.63) is 29.8 Å². The van der Waals surface area contributed by atoms with Crippen LogP contribution in [0.25, 0.3) is 0 Å². The minimum Gasteiger partial charge on any atom is -0.497 e. The molecule has 6 nitrogen and oxygen atoms in total. The van der Waals surface area contributed by atoms with Gasteiger partial charge in [0.1, 0.15) is 5.75 Å². The van der Waals surface area contributed by atoms with Gasteiger partial charge in [0.05, 0.1) is 20.2 Å². The van der Waals surface area contributed by atoms with E-state index in [9.17, 15) is 9.59 Å². The number of hydrogen-bond donors (Lipinski definition) is 1. The van der Waals surface area contributed by atoms with Crippen LogP contribution in [0.15, 0.2) is 24.3 Å². The second-order valence-electron chi connectivity index (χ2n) is 5.62. The third-order valence-electron chi connectivity index (χ3n) is 3.40. The lowest BCUT2D eigenvalue weighted by molar-refractivity contribution is -0.135. The van der Waals surface area contributed by atoms with Gasteiger partial charge in [-0.05, 0) is 31.2 Å². The van der Waals surface area contributed by atoms with E-state index < -0.39 is 0 Å². The quantitative estimate of drug-likeness (QED) is 0.740. The zero-order valence-corrected chi connectivity index (χ0v) is 14.5. The van der Waals surface area contributed by atoms with Gasteiger partial charge in [0, 0.05) is 20.1 Å². The maximum atomic E-state index is 12.1. The van der Waals surface area contributed by atoms with E-state index in [0.29, 0.717) is 13.1 Å². The molecule has 23 heavy (non-hydrogen) atoms. The Labute approximate surface area is 138 Å². The highest BCUT2D eigenvalue weighted by Crippen LogP contribution is 2.12. The van der Waals surface area contributed by atoms with Crippen LogP contribution in [-0.4, -0.2) is 62.5 Å². The molecule has 0 unspecified atom stereocenters. The Morgan fingerprint density at radius 1 is 1.13 bits per heavy atom. The predicted molar refractivity (Wildman–Crippen MR) is 90.3 cm³/mol. The van der Waals surface area contributed by atoms with Crippen LogP contribution in [0.4, 0.5) is 0 Å². The van der Waals surface area contributed by atoms with E-state index in [2.05, 4.69) is 5.32 Å². The molecule has 0 radical (unpaired) electrons. The molecule has 0 aliphatic carbocycles. The number of carbonyl (C=O) groups excluding carboxylic acids is 2. The largest absolute Gasteiger partial charge is 0.497 e. The summed E-state index contributed by atoms with van der Waals surface area (Å²) < 4.78 is 5.12. The Bertz CT molecular complexity index is 502. The summed E-state index contributed by atoms with van der Waals surface area (Å²) >= 11 is 0. The van der Waals surface area contributed by atoms with Crippen LogP contribution in [0.5, 0.6) is 5.75 Å². The highest BCUT2D eigenvalue weighted by molar-refractivity contribution is 5.85. The minimum atomic E-state index is -0.125. The average molecular weight is 321 g/mol. The Kier molecular flexibility index (Phi) is 8.11. The fourth-order valence-corrected chi connectivity index (χ4v) is 2.07. The van der Waals surface area contributed by atoms with Gasteiger partial charge in [0.2, 0.25) is 11.8 Å². The lowest BCUT2D eigenvalue weighted by Crippen LogP contribution is -2.42. The molecule has 1 rings (SSSR count). The highest BCUT2D eigenvalue weighted by atomic mass is 16.5. The van der Waals surface area contributed by atoms with Gasteiger partial charge in [-0.3, -0.25) is 14.5 Å². The molecule has 0 aromatic heterocycles. The monoisotopic (exact) mass is 321 g/mol. The molecule has 1 aromatic rings. The van der Waals surface area contributed by atoms with Crippen molar-refractivity contribution in [3.8, 4) is 5.75 Å². The Morgan fingerprint density at radius 3 is 2.35 bits per heavy atom. The maximum absolute atomic E-state index is 12.1. The minimum absolute atomic E-state index is 0.0762. The number of likely N-dealkylation sites (N-methyl/N-ethyl adjacent to an activating group) is 2. The summed E-state index contributed by atoms with van der Waals surface area (Å²) in [6.07, 6.45) is 0.883. The van der Waals surface area contributed by atoms with Gasteiger partial charge in [-0.25, -0.2) is 0 Å². The van der Waals surface area contributed by atoms with E-state index in [0.717, 1.165) is 17.7 Å². The SMILES string of the molecule is CCCNC(=O)CN(C)C(=O)CN(C)Cc1ccc(OC)cc1. The molecule has 0 fully saturated rings. The van der Waals surface area contributed by atoms with Gasteiger partial charge < -0.3 is 15.0 Å². The lowest BCUT2D eigenvalue weighted by Gasteiger charge is -2.21. The first-order chi connectivity index (χ1) is 11.0. The summed E-state index contributed by atoms with van der Waals surface area (Å²) in [7, 11) is 5.16. The van der Waals surface area contributed by atoms with Gasteiger partial charge in [-0.2, -0.15) is 0 Å². The van der Waals surface area contributed by atoms with Gasteiger partial charge >= 0.3 is 0 Å². The van der Waals surface area contributed by atoms with Crippen molar-refractivity contribution in [2.75, 3.05) is 40.8 Å². The molecule has 0 aliphatic rings. The normalized spacial score (nSPS) is 10.5. The van der Waals surface area contributed by atoms with Crippen molar-refractivity contribution < 1.29 is 14.3 Å². The van der Waals surface area contributed by atoms with Gasteiger partial charge in [0.25, 0.3) is 0 Å². The van der Waals surface area contributed by atoms with E-state index >= 15 is 0 Å². The van der Waals surface area contributed by atoms with Crippen LogP contribution < -0.4 is 10.1 Å². The van der Waals surface area contributed by atoms with Crippen LogP contribution in [0, 0.1) is 0 Å². The summed E-state index contributed by atoms with van der Waals surface area (Å²) in [5, 5.41) is 2.76. The fraction of sp³-hybridized carbons (Fsp3) is 0.529. The lowest BCUT2D eigenvalue weighted by atomic mass is 10.2. The summed E-state index contributed by atoms with van der Waals surface area (Å²) in [5.74, 6) is 0.610. The van der Waals surface area contributed by atoms with Crippen LogP contribution in [0.3, 0.4) is 0 Å². The molecule has 6 heteroatoms. The molecule has 0 saturated heterocycles. The zero-order valence-electron chi connectivity index (χ0n) is 14.5. The topological polar surface area (TPSA) is 61.9 Å². The van der Waals surface area contributed by atoms with E-state index in [1.807, 2.05) is 43.1 Å². The fourth-order valence-electron chi connectivity index (χ4n) is 2.07. The van der Waals surface area contributed by atoms with Crippen LogP contribution in [-0.2, 0) is 16.1 Å². The van der Waals surface area contributed by atoms with Crippen molar-refractivity contribution in [3.63, 3.8) is 0 Å². The Balaban J connectivity index is 2.40. The van der Waals surface area contributed by atoms with E-state index in [4.69, 9.17) is 4.74 Å². The third kappa shape index (κ3) is 7.15. The van der Waals surface area contributed by atoms with Gasteiger partial charge in [-0.15, -0.1) is 0 Å². The van der Waals surface area contributed by atoms with Crippen LogP contribution >= 0.6 is 0 Å². The van der Waals surface area contributed by atoms with Crippen molar-refractivity contribution in [2.45, 2.75) is 19.9 Å². The number of benzene rings is 1. The number of nitrogens with zero attached hydrogens (tertiary/aromatic N) is 2. The summed E-state index contributed by atoms with van der Waals surface area (Å²) in [6.45, 7) is 3.64. The smallest absolute Gasteiger partial charge is 0.239 e. The number of ether oxygens (including phenoxy) is 1. The Morgan fingerprint density at radius 2 is 1.78 bits per heavy atom. The first kappa shape index (κ1) is 19.0. The molecule has 0 heterocycles. The molecule has 0 bridgehead atoms. The molecule has 1 aromatic carbocycles. The molecule has 0 atom stereocenters. The van der Waals surface area contributed by atoms with E-state index in [-0.39, 0.29) is 24.9 Å². The molecule has 0 spiro atoms. The standard InChI is InChI=1S/C17H27N3O3/c1-5-10-18-16(21)12-20(3)17(22)13-19(2)11-14-6-8-15(23-4)9-7-14/h6-9H,5,10-13H2,1-4H3,(H,18,21). The molecular formula is C17H27N3O3. The highest BCUT2D eigenvalue weighted by Gasteiger charge is 2.14. The number of nitrogens with one attached hydrogen (secondary N) is 1. The molecule has 2 amide bonds. The second-order valence-corrected chi connectivity index (χ2v) is 5.62. The number of hydrogen-bond acceptors (Lipinski definition) is 4. The predicted octanol–water partition coefficient (Wildman–Crippen LogP) is 1.11. The molecule has 0 saturated carbocycles. The molecule has 1 N–H and O–H groups in total. The summed E-state index contributed by atoms with van der Waals surface area (Å²) in [4.78, 5) is 27.1. The molecule has 128 valence electrons. The third-order valence-corrected chi connectivity index (χ3v) is 3.40. The second kappa shape index (κ2) is 9.84. The maximum Gasteiger partial charge on any atom is 0.239 e. The number of methoxy groups -OCH3 is 1. The molecular weight excluding hydrogens is 294 g/mol. The average Bonchev–Trinajstić information content (AvgIpc) is 2.53. The van der Waals surface area contributed by atoms with E-state index in [1.165, 1.54) is 4.90 Å². The van der Waals surface area contributed by atoms with Gasteiger partial charge in [0.15, 0.2) is 0 Å². The van der Waals surface area contributed by atoms with Gasteiger partial charge in [-0.1, -0.05) is 19.1 Å². The Hall–Kier alpha value is -2.08. The number of rotatable bonds is 9. The van der Waals surface area contributed by atoms with Crippen LogP contribution in [0.2, 0.25) is 0 Å². The van der Waals surface area contributed by atoms with Crippen molar-refractivity contribution in [1.29, 1.82) is 0 Å². The summed E-state index contributed by atoms with van der Waals surface area (Å²) in [6, 6.07) is 7.74. The summed E-state index contributed by atoms with van der Waals surface area (Å²) in [5.41, 5.74) is 1.10. The van der Waals surface area contributed by atoms with Crippen molar-refractivity contribution >= 4 is 11.8 Å². The number of amides is 2. The zero-order chi connectivity index (χ0) is 17.2. The van der Waals surface area contributed by atoms with E-state index in [1.54, 1.807) is 14.2 Å². The van der Waals surface area contributed by atoms with Crippen LogP contribution in [0.1, 0.15) is 18.9 Å². The molecule has 0 aliphatic heterocycles. The first-order valence-electron chi connectivity index (χ1n) is 7.78.